The van der Waals surface area contributed by atoms with Gasteiger partial charge < -0.3 is 4.57 Å². The van der Waals surface area contributed by atoms with Gasteiger partial charge in [-0.15, -0.1) is 11.3 Å². The van der Waals surface area contributed by atoms with Crippen LogP contribution in [0.2, 0.25) is 0 Å². The van der Waals surface area contributed by atoms with E-state index < -0.39 is 0 Å². The zero-order valence-electron chi connectivity index (χ0n) is 16.8. The van der Waals surface area contributed by atoms with Crippen LogP contribution in [-0.2, 0) is 6.54 Å². The van der Waals surface area contributed by atoms with E-state index in [2.05, 4.69) is 10.2 Å². The van der Waals surface area contributed by atoms with E-state index >= 15 is 0 Å². The second-order valence-electron chi connectivity index (χ2n) is 6.62. The maximum Gasteiger partial charge on any atom is 0.270 e. The Morgan fingerprint density at radius 1 is 0.903 bits per heavy atom. The van der Waals surface area contributed by atoms with Crippen molar-refractivity contribution in [1.82, 2.24) is 4.57 Å². The summed E-state index contributed by atoms with van der Waals surface area (Å²) in [6, 6.07) is 23.8. The van der Waals surface area contributed by atoms with Crippen molar-refractivity contribution >= 4 is 34.1 Å². The molecule has 0 bridgehead atoms. The number of hydrogen-bond acceptors (Lipinski definition) is 6. The Balaban J connectivity index is 1.61. The fourth-order valence-electron chi connectivity index (χ4n) is 3.05. The summed E-state index contributed by atoms with van der Waals surface area (Å²) in [4.78, 5) is 16.3. The van der Waals surface area contributed by atoms with Gasteiger partial charge in [0, 0.05) is 29.6 Å². The normalized spacial score (nSPS) is 11.8. The van der Waals surface area contributed by atoms with Gasteiger partial charge in [-0.1, -0.05) is 30.3 Å². The summed E-state index contributed by atoms with van der Waals surface area (Å²) in [5, 5.41) is 21.6. The van der Waals surface area contributed by atoms with Crippen LogP contribution in [-0.4, -0.2) is 9.49 Å². The third-order valence-electron chi connectivity index (χ3n) is 4.58. The number of azo groups is 1. The quantitative estimate of drug-likeness (QED) is 0.192. The predicted molar refractivity (Wildman–Crippen MR) is 122 cm³/mol. The Labute approximate surface area is 182 Å². The van der Waals surface area contributed by atoms with Gasteiger partial charge in [0.1, 0.15) is 0 Å². The number of thiazole rings is 1. The standard InChI is InChI=1S/C23H19N5O2S/c1-2-27-22(17-7-6-10-21(15-17)28(29)30)16-31-23(27)24-18-11-13-20(14-12-18)26-25-19-8-4-3-5-9-19/h3-16H,2H2,1H3. The van der Waals surface area contributed by atoms with E-state index in [-0.39, 0.29) is 10.6 Å². The van der Waals surface area contributed by atoms with Crippen molar-refractivity contribution in [2.24, 2.45) is 15.2 Å². The van der Waals surface area contributed by atoms with Gasteiger partial charge in [-0.25, -0.2) is 4.99 Å². The number of non-ortho nitro benzene ring substituents is 1. The van der Waals surface area contributed by atoms with Crippen LogP contribution in [0, 0.1) is 10.1 Å². The third kappa shape index (κ3) is 4.81. The van der Waals surface area contributed by atoms with Crippen LogP contribution < -0.4 is 4.80 Å². The minimum absolute atomic E-state index is 0.0742. The summed E-state index contributed by atoms with van der Waals surface area (Å²) in [6.45, 7) is 2.73. The lowest BCUT2D eigenvalue weighted by Gasteiger charge is -2.06. The lowest BCUT2D eigenvalue weighted by molar-refractivity contribution is -0.384. The Kier molecular flexibility index (Phi) is 6.09. The van der Waals surface area contributed by atoms with Gasteiger partial charge in [-0.2, -0.15) is 10.2 Å². The summed E-state index contributed by atoms with van der Waals surface area (Å²) >= 11 is 1.50. The number of nitro benzene ring substituents is 1. The Morgan fingerprint density at radius 3 is 2.26 bits per heavy atom. The first kappa shape index (κ1) is 20.4. The maximum absolute atomic E-state index is 11.1. The smallest absolute Gasteiger partial charge is 0.270 e. The molecule has 4 aromatic rings. The molecule has 0 radical (unpaired) electrons. The largest absolute Gasteiger partial charge is 0.317 e. The maximum atomic E-state index is 11.1. The summed E-state index contributed by atoms with van der Waals surface area (Å²) in [7, 11) is 0. The summed E-state index contributed by atoms with van der Waals surface area (Å²) in [5.41, 5.74) is 4.12. The van der Waals surface area contributed by atoms with Crippen LogP contribution in [0.15, 0.2) is 99.5 Å². The highest BCUT2D eigenvalue weighted by Gasteiger charge is 2.11. The number of rotatable bonds is 6. The van der Waals surface area contributed by atoms with E-state index in [1.165, 1.54) is 17.4 Å². The molecular weight excluding hydrogens is 410 g/mol. The highest BCUT2D eigenvalue weighted by atomic mass is 32.1. The van der Waals surface area contributed by atoms with E-state index in [1.807, 2.05) is 77.5 Å². The van der Waals surface area contributed by atoms with Gasteiger partial charge in [0.15, 0.2) is 4.80 Å². The highest BCUT2D eigenvalue weighted by molar-refractivity contribution is 7.07. The average molecular weight is 430 g/mol. The molecule has 0 amide bonds. The molecule has 0 unspecified atom stereocenters. The van der Waals surface area contributed by atoms with Crippen LogP contribution in [0.4, 0.5) is 22.7 Å². The van der Waals surface area contributed by atoms with E-state index in [1.54, 1.807) is 12.1 Å². The molecule has 0 spiro atoms. The topological polar surface area (TPSA) is 85.1 Å². The molecular formula is C23H19N5O2S. The zero-order valence-corrected chi connectivity index (χ0v) is 17.6. The Morgan fingerprint density at radius 2 is 1.58 bits per heavy atom. The first-order valence-electron chi connectivity index (χ1n) is 9.69. The molecule has 1 aromatic heterocycles. The first-order valence-corrected chi connectivity index (χ1v) is 10.6. The molecule has 0 atom stereocenters. The van der Waals surface area contributed by atoms with Crippen LogP contribution in [0.1, 0.15) is 6.92 Å². The fraction of sp³-hybridized carbons (Fsp3) is 0.0870. The molecule has 0 aliphatic rings. The van der Waals surface area contributed by atoms with E-state index in [9.17, 15) is 10.1 Å². The molecule has 0 aliphatic heterocycles. The van der Waals surface area contributed by atoms with Crippen molar-refractivity contribution in [3.63, 3.8) is 0 Å². The van der Waals surface area contributed by atoms with Gasteiger partial charge >= 0.3 is 0 Å². The number of hydrogen-bond donors (Lipinski definition) is 0. The van der Waals surface area contributed by atoms with Gasteiger partial charge in [0.05, 0.1) is 27.7 Å². The minimum atomic E-state index is -0.381. The molecule has 0 saturated carbocycles. The predicted octanol–water partition coefficient (Wildman–Crippen LogP) is 6.79. The van der Waals surface area contributed by atoms with Crippen LogP contribution in [0.3, 0.4) is 0 Å². The van der Waals surface area contributed by atoms with Crippen molar-refractivity contribution in [1.29, 1.82) is 0 Å². The summed E-state index contributed by atoms with van der Waals surface area (Å²) in [5.74, 6) is 0. The lowest BCUT2D eigenvalue weighted by atomic mass is 10.1. The first-order chi connectivity index (χ1) is 15.1. The average Bonchev–Trinajstić information content (AvgIpc) is 3.22. The second-order valence-corrected chi connectivity index (χ2v) is 7.46. The number of nitro groups is 1. The second kappa shape index (κ2) is 9.27. The SMILES string of the molecule is CCn1c(-c2cccc([N+](=O)[O-])c2)csc1=Nc1ccc(N=Nc2ccccc2)cc1. The van der Waals surface area contributed by atoms with Crippen molar-refractivity contribution in [2.75, 3.05) is 0 Å². The Bertz CT molecular complexity index is 1290. The van der Waals surface area contributed by atoms with Crippen molar-refractivity contribution in [3.05, 3.63) is 99.2 Å². The molecule has 0 saturated heterocycles. The molecule has 7 nitrogen and oxygen atoms in total. The van der Waals surface area contributed by atoms with E-state index in [0.29, 0.717) is 6.54 Å². The van der Waals surface area contributed by atoms with Crippen LogP contribution >= 0.6 is 11.3 Å². The number of nitrogens with zero attached hydrogens (tertiary/aromatic N) is 5. The van der Waals surface area contributed by atoms with Crippen LogP contribution in [0.5, 0.6) is 0 Å². The van der Waals surface area contributed by atoms with Crippen molar-refractivity contribution in [3.8, 4) is 11.3 Å². The zero-order chi connectivity index (χ0) is 21.6. The minimum Gasteiger partial charge on any atom is -0.317 e. The lowest BCUT2D eigenvalue weighted by Crippen LogP contribution is -2.14. The Hall–Kier alpha value is -3.91. The monoisotopic (exact) mass is 429 g/mol. The molecule has 1 heterocycles. The molecule has 31 heavy (non-hydrogen) atoms. The number of aromatic nitrogens is 1. The molecule has 4 rings (SSSR count). The molecule has 0 N–H and O–H groups in total. The molecule has 3 aromatic carbocycles. The summed E-state index contributed by atoms with van der Waals surface area (Å²) in [6.07, 6.45) is 0. The van der Waals surface area contributed by atoms with Gasteiger partial charge in [-0.05, 0) is 43.3 Å². The molecule has 0 aliphatic carbocycles. The highest BCUT2D eigenvalue weighted by Crippen LogP contribution is 2.25. The van der Waals surface area contributed by atoms with E-state index in [0.717, 1.165) is 33.1 Å². The van der Waals surface area contributed by atoms with Crippen molar-refractivity contribution in [2.45, 2.75) is 13.5 Å². The van der Waals surface area contributed by atoms with Gasteiger partial charge in [0.2, 0.25) is 0 Å². The van der Waals surface area contributed by atoms with Crippen LogP contribution in [0.25, 0.3) is 11.3 Å². The molecule has 8 heteroatoms. The number of benzene rings is 3. The van der Waals surface area contributed by atoms with Gasteiger partial charge in [-0.3, -0.25) is 10.1 Å². The summed E-state index contributed by atoms with van der Waals surface area (Å²) < 4.78 is 2.05. The molecule has 154 valence electrons. The van der Waals surface area contributed by atoms with E-state index in [4.69, 9.17) is 4.99 Å². The fourth-order valence-corrected chi connectivity index (χ4v) is 4.04. The third-order valence-corrected chi connectivity index (χ3v) is 5.44. The molecule has 0 fully saturated rings. The van der Waals surface area contributed by atoms with Gasteiger partial charge in [0.25, 0.3) is 5.69 Å². The van der Waals surface area contributed by atoms with Crippen molar-refractivity contribution < 1.29 is 4.92 Å².